The lowest BCUT2D eigenvalue weighted by Gasteiger charge is -2.35. The zero-order valence-corrected chi connectivity index (χ0v) is 65.4. The Labute approximate surface area is 647 Å². The van der Waals surface area contributed by atoms with Crippen LogP contribution in [0.5, 0.6) is 0 Å². The van der Waals surface area contributed by atoms with Gasteiger partial charge in [0.25, 0.3) is 11.4 Å². The van der Waals surface area contributed by atoms with Crippen molar-refractivity contribution < 1.29 is 9.59 Å². The smallest absolute Gasteiger partial charge is 0.271 e. The summed E-state index contributed by atoms with van der Waals surface area (Å²) in [5.41, 5.74) is 18.8. The Bertz CT molecular complexity index is 5250. The second-order valence-electron chi connectivity index (χ2n) is 28.6. The van der Waals surface area contributed by atoms with Crippen LogP contribution in [0, 0.1) is 35.8 Å². The molecule has 0 unspecified atom stereocenters. The highest BCUT2D eigenvalue weighted by Crippen LogP contribution is 2.65. The molecule has 6 heterocycles. The zero-order valence-electron chi connectivity index (χ0n) is 60.5. The molecule has 15 rings (SSSR count). The van der Waals surface area contributed by atoms with Gasteiger partial charge in [-0.2, -0.15) is 0 Å². The van der Waals surface area contributed by atoms with Gasteiger partial charge in [0.15, 0.2) is 11.6 Å². The largest absolute Gasteiger partial charge is 0.289 e. The van der Waals surface area contributed by atoms with E-state index in [0.717, 1.165) is 79.3 Å². The Balaban J connectivity index is 0.988. The number of benzene rings is 5. The second-order valence-corrected chi connectivity index (χ2v) is 34.8. The molecule has 11 aromatic rings. The first-order chi connectivity index (χ1) is 52.0. The Hall–Kier alpha value is -9.44. The van der Waals surface area contributed by atoms with Gasteiger partial charge in [0.2, 0.25) is 0 Å². The SMILES string of the molecule is [C-]#[N+]C(C#N)=C1/C(=c2/cc/c(=C\c3cc4c(s3)-c3cc5c(cc3C4(c3ccc(CCCCCC)cc3)c3ccc(CCCCCC)cc3)-c3sc(/C=c4\cc/c(=C6\C(=O)c7ccsc7\C6=C(/C#N)[N+]#[C-])s4)cc3C5(c3ccc(CCCCCC)cc3)c3ccc(CCCCCC)cc3)s2)C(=O)c2ccsc21. The van der Waals surface area contributed by atoms with Crippen LogP contribution in [-0.4, -0.2) is 11.6 Å². The standard InChI is InChI=1S/C94H82N4O2S6/c1-7-11-15-19-23-59-27-35-63(36-28-59)93(64-37-29-60(30-38-64)24-20-16-12-8-2)75-55-74-76(56-73(75)89-77(93)53-69(105-89)51-67-43-45-81(103-67)85-83(79(57-95)97-5)91-71(87(85)99)47-49-101-91)94(65-39-31-61(32-40-65)25-21-17-13-9-3,66-41-33-62(34-42-66)26-22-18-14-10-4)78-54-70(106-90(74)78)52-68-44-46-82(104-68)86-84(80(58-96)98-6)92-72(88(86)100)48-50-102-92/h27-56H,7-26H2,1-4H3/b67-51+,68-52+,83-79+,84-80?,85-81+,86-82+. The Kier molecular flexibility index (Phi) is 21.5. The highest BCUT2D eigenvalue weighted by atomic mass is 32.1. The number of thiophene rings is 6. The molecule has 5 aromatic carbocycles. The molecule has 526 valence electrons. The summed E-state index contributed by atoms with van der Waals surface area (Å²) in [5, 5.41) is 24.3. The van der Waals surface area contributed by atoms with Crippen molar-refractivity contribution >= 4 is 114 Å². The molecule has 4 aliphatic carbocycles. The first-order valence-electron chi connectivity index (χ1n) is 37.8. The van der Waals surface area contributed by atoms with Gasteiger partial charge < -0.3 is 0 Å². The molecule has 0 N–H and O–H groups in total. The van der Waals surface area contributed by atoms with Crippen molar-refractivity contribution in [3.05, 3.63) is 318 Å². The van der Waals surface area contributed by atoms with Gasteiger partial charge in [0, 0.05) is 80.8 Å². The summed E-state index contributed by atoms with van der Waals surface area (Å²) in [6, 6.07) is 64.7. The summed E-state index contributed by atoms with van der Waals surface area (Å²) < 4.78 is 3.43. The van der Waals surface area contributed by atoms with E-state index >= 15 is 0 Å². The fraction of sp³-hybridized carbons (Fsp3) is 0.277. The molecule has 0 bridgehead atoms. The Morgan fingerprint density at radius 2 is 0.717 bits per heavy atom. The maximum atomic E-state index is 14.3. The lowest BCUT2D eigenvalue weighted by Crippen LogP contribution is -2.30. The van der Waals surface area contributed by atoms with Crippen LogP contribution in [0.4, 0.5) is 0 Å². The molecule has 6 aromatic heterocycles. The number of aryl methyl sites for hydroxylation is 4. The van der Waals surface area contributed by atoms with Crippen molar-refractivity contribution in [3.8, 4) is 33.0 Å². The van der Waals surface area contributed by atoms with Crippen LogP contribution >= 0.6 is 68.0 Å². The van der Waals surface area contributed by atoms with E-state index in [0.29, 0.717) is 43.2 Å². The topological polar surface area (TPSA) is 90.4 Å². The lowest BCUT2D eigenvalue weighted by molar-refractivity contribution is 0.105. The molecule has 0 saturated carbocycles. The van der Waals surface area contributed by atoms with Crippen molar-refractivity contribution in [1.29, 1.82) is 10.5 Å². The fourth-order valence-electron chi connectivity index (χ4n) is 16.8. The first kappa shape index (κ1) is 72.1. The molecular weight excluding hydrogens is 1410 g/mol. The number of allylic oxidation sites excluding steroid dienone is 4. The molecule has 0 fully saturated rings. The van der Waals surface area contributed by atoms with Crippen molar-refractivity contribution in [2.45, 2.75) is 167 Å². The summed E-state index contributed by atoms with van der Waals surface area (Å²) in [5.74, 6) is -0.298. The predicted octanol–water partition coefficient (Wildman–Crippen LogP) is 23.3. The number of nitrogens with zero attached hydrogens (tertiary/aromatic N) is 4. The normalized spacial score (nSPS) is 16.5. The van der Waals surface area contributed by atoms with Gasteiger partial charge in [-0.3, -0.25) is 9.59 Å². The van der Waals surface area contributed by atoms with Gasteiger partial charge in [0.05, 0.1) is 36.1 Å². The minimum absolute atomic E-state index is 0.0667. The van der Waals surface area contributed by atoms with Gasteiger partial charge in [-0.15, -0.1) is 68.0 Å². The molecule has 0 radical (unpaired) electrons. The monoisotopic (exact) mass is 1490 g/mol. The molecule has 106 heavy (non-hydrogen) atoms. The summed E-state index contributed by atoms with van der Waals surface area (Å²) in [4.78, 5) is 42.0. The highest BCUT2D eigenvalue weighted by molar-refractivity contribution is 7.18. The number of hydrogen-bond acceptors (Lipinski definition) is 10. The average molecular weight is 1490 g/mol. The van der Waals surface area contributed by atoms with Gasteiger partial charge in [-0.05, 0) is 213 Å². The average Bonchev–Trinajstić information content (AvgIpc) is 1.50. The van der Waals surface area contributed by atoms with E-state index < -0.39 is 10.8 Å². The van der Waals surface area contributed by atoms with Crippen LogP contribution in [0.2, 0.25) is 0 Å². The van der Waals surface area contributed by atoms with E-state index in [1.165, 1.54) is 210 Å². The first-order valence-corrected chi connectivity index (χ1v) is 42.8. The van der Waals surface area contributed by atoms with Gasteiger partial charge in [-0.1, -0.05) is 202 Å². The number of hydrogen-bond donors (Lipinski definition) is 0. The van der Waals surface area contributed by atoms with Crippen LogP contribution < -0.4 is 18.1 Å². The van der Waals surface area contributed by atoms with Gasteiger partial charge in [0.1, 0.15) is 0 Å². The number of fused-ring (bicyclic) bond motifs is 8. The zero-order chi connectivity index (χ0) is 73.1. The summed E-state index contributed by atoms with van der Waals surface area (Å²) in [7, 11) is 0. The molecule has 12 heteroatoms. The highest BCUT2D eigenvalue weighted by Gasteiger charge is 2.53. The van der Waals surface area contributed by atoms with E-state index in [4.69, 9.17) is 13.1 Å². The Morgan fingerprint density at radius 3 is 1.02 bits per heavy atom. The van der Waals surface area contributed by atoms with E-state index in [1.54, 1.807) is 0 Å². The molecular formula is C94H82N4O2S6. The number of Topliss-reactive ketones (excluding diaryl/α,β-unsaturated/α-hetero) is 2. The van der Waals surface area contributed by atoms with Crippen LogP contribution in [0.1, 0.15) is 237 Å². The predicted molar refractivity (Wildman–Crippen MR) is 445 cm³/mol. The maximum Gasteiger partial charge on any atom is 0.271 e. The minimum Gasteiger partial charge on any atom is -0.289 e. The summed E-state index contributed by atoms with van der Waals surface area (Å²) >= 11 is 9.52. The molecule has 0 spiro atoms. The minimum atomic E-state index is -0.768. The van der Waals surface area contributed by atoms with Crippen molar-refractivity contribution in [3.63, 3.8) is 0 Å². The molecule has 0 saturated heterocycles. The maximum absolute atomic E-state index is 14.3. The van der Waals surface area contributed by atoms with Crippen molar-refractivity contribution in [2.75, 3.05) is 0 Å². The van der Waals surface area contributed by atoms with E-state index in [-0.39, 0.29) is 23.0 Å². The van der Waals surface area contributed by atoms with Crippen LogP contribution in [0.25, 0.3) is 65.0 Å². The van der Waals surface area contributed by atoms with E-state index in [9.17, 15) is 20.1 Å². The van der Waals surface area contributed by atoms with Gasteiger partial charge >= 0.3 is 0 Å². The summed E-state index contributed by atoms with van der Waals surface area (Å²) in [6.07, 6.45) is 27.7. The van der Waals surface area contributed by atoms with Crippen LogP contribution in [0.15, 0.2) is 180 Å². The molecule has 4 aliphatic rings. The van der Waals surface area contributed by atoms with E-state index in [2.05, 4.69) is 195 Å². The fourth-order valence-corrected chi connectivity index (χ4v) is 23.2. The third-order valence-corrected chi connectivity index (χ3v) is 28.2. The Morgan fingerprint density at radius 1 is 0.387 bits per heavy atom. The third kappa shape index (κ3) is 13.0. The molecule has 0 aliphatic heterocycles. The third-order valence-electron chi connectivity index (χ3n) is 22.0. The number of unbranched alkanes of at least 4 members (excludes halogenated alkanes) is 12. The summed E-state index contributed by atoms with van der Waals surface area (Å²) in [6.45, 7) is 25.1. The number of carbonyl (C=O) groups is 2. The molecule has 0 amide bonds. The van der Waals surface area contributed by atoms with E-state index in [1.807, 2.05) is 57.7 Å². The number of nitriles is 2. The van der Waals surface area contributed by atoms with Crippen LogP contribution in [-0.2, 0) is 36.5 Å². The number of ketones is 2. The molecule has 0 atom stereocenters. The van der Waals surface area contributed by atoms with Crippen molar-refractivity contribution in [1.82, 2.24) is 0 Å². The van der Waals surface area contributed by atoms with Crippen molar-refractivity contribution in [2.24, 2.45) is 0 Å². The molecule has 6 nitrogen and oxygen atoms in total. The number of carbonyl (C=O) groups excluding carboxylic acids is 2. The van der Waals surface area contributed by atoms with Crippen LogP contribution in [0.3, 0.4) is 0 Å². The van der Waals surface area contributed by atoms with Gasteiger partial charge in [-0.25, -0.2) is 20.2 Å². The quantitative estimate of drug-likeness (QED) is 0.0307. The second kappa shape index (κ2) is 31.6. The number of rotatable bonds is 26. The lowest BCUT2D eigenvalue weighted by atomic mass is 9.65.